The molecule has 0 N–H and O–H groups in total. The number of hydrogen-bond acceptors (Lipinski definition) is 5. The molecule has 0 saturated heterocycles. The number of hydrogen-bond donors (Lipinski definition) is 0. The molecule has 6 nitrogen and oxygen atoms in total. The van der Waals surface area contributed by atoms with Crippen LogP contribution in [-0.4, -0.2) is 31.6 Å². The minimum atomic E-state index is -0.657. The number of halogens is 1. The first-order valence-corrected chi connectivity index (χ1v) is 9.07. The highest BCUT2D eigenvalue weighted by molar-refractivity contribution is 6.30. The van der Waals surface area contributed by atoms with Crippen molar-refractivity contribution in [2.45, 2.75) is 20.3 Å². The zero-order valence-corrected chi connectivity index (χ0v) is 16.5. The van der Waals surface area contributed by atoms with E-state index in [0.29, 0.717) is 16.5 Å². The van der Waals surface area contributed by atoms with Gasteiger partial charge in [-0.2, -0.15) is 5.26 Å². The van der Waals surface area contributed by atoms with Crippen LogP contribution in [0.1, 0.15) is 17.5 Å². The van der Waals surface area contributed by atoms with Crippen molar-refractivity contribution in [2.24, 2.45) is 0 Å². The maximum absolute atomic E-state index is 12.5. The van der Waals surface area contributed by atoms with E-state index < -0.39 is 18.5 Å². The molecule has 28 heavy (non-hydrogen) atoms. The van der Waals surface area contributed by atoms with Crippen LogP contribution in [0.2, 0.25) is 5.02 Å². The highest BCUT2D eigenvalue weighted by Gasteiger charge is 2.18. The Morgan fingerprint density at radius 1 is 1.11 bits per heavy atom. The molecule has 0 fully saturated rings. The molecular weight excluding hydrogens is 380 g/mol. The number of anilines is 1. The molecule has 7 heteroatoms. The predicted molar refractivity (Wildman–Crippen MR) is 106 cm³/mol. The fraction of sp³-hybridized carbons (Fsp3) is 0.286. The van der Waals surface area contributed by atoms with Gasteiger partial charge in [0.15, 0.2) is 13.2 Å². The van der Waals surface area contributed by atoms with Crippen molar-refractivity contribution in [3.63, 3.8) is 0 Å². The molecule has 1 amide bonds. The van der Waals surface area contributed by atoms with Crippen molar-refractivity contribution in [1.29, 1.82) is 5.26 Å². The Morgan fingerprint density at radius 2 is 1.75 bits per heavy atom. The van der Waals surface area contributed by atoms with Gasteiger partial charge in [0.2, 0.25) is 0 Å². The molecule has 0 atom stereocenters. The van der Waals surface area contributed by atoms with Crippen molar-refractivity contribution in [1.82, 2.24) is 0 Å². The van der Waals surface area contributed by atoms with E-state index >= 15 is 0 Å². The van der Waals surface area contributed by atoms with Crippen LogP contribution in [0.3, 0.4) is 0 Å². The van der Waals surface area contributed by atoms with E-state index in [1.165, 1.54) is 4.90 Å². The monoisotopic (exact) mass is 400 g/mol. The number of para-hydroxylation sites is 1. The summed E-state index contributed by atoms with van der Waals surface area (Å²) >= 11 is 5.98. The van der Waals surface area contributed by atoms with E-state index in [4.69, 9.17) is 26.3 Å². The molecule has 146 valence electrons. The van der Waals surface area contributed by atoms with Gasteiger partial charge in [0.05, 0.1) is 12.5 Å². The van der Waals surface area contributed by atoms with E-state index in [9.17, 15) is 9.59 Å². The van der Waals surface area contributed by atoms with Crippen LogP contribution < -0.4 is 9.64 Å². The predicted octanol–water partition coefficient (Wildman–Crippen LogP) is 3.83. The van der Waals surface area contributed by atoms with Crippen molar-refractivity contribution in [2.75, 3.05) is 24.7 Å². The van der Waals surface area contributed by atoms with Crippen LogP contribution in [0, 0.1) is 25.2 Å². The van der Waals surface area contributed by atoms with E-state index in [1.54, 1.807) is 36.4 Å². The van der Waals surface area contributed by atoms with Gasteiger partial charge >= 0.3 is 5.97 Å². The summed E-state index contributed by atoms with van der Waals surface area (Å²) in [6, 6.07) is 14.4. The second-order valence-electron chi connectivity index (χ2n) is 6.11. The first-order valence-electron chi connectivity index (χ1n) is 8.70. The Bertz CT molecular complexity index is 855. The summed E-state index contributed by atoms with van der Waals surface area (Å²) in [7, 11) is 0. The molecular formula is C21H21ClN2O4. The molecule has 0 bridgehead atoms. The lowest BCUT2D eigenvalue weighted by molar-refractivity contribution is -0.149. The number of esters is 1. The fourth-order valence-electron chi connectivity index (χ4n) is 2.69. The minimum absolute atomic E-state index is 0.173. The van der Waals surface area contributed by atoms with Crippen molar-refractivity contribution in [3.05, 3.63) is 58.6 Å². The van der Waals surface area contributed by atoms with Gasteiger partial charge in [-0.3, -0.25) is 4.79 Å². The number of ether oxygens (including phenoxy) is 2. The van der Waals surface area contributed by atoms with Crippen LogP contribution in [0.5, 0.6) is 5.75 Å². The van der Waals surface area contributed by atoms with Crippen LogP contribution in [0.25, 0.3) is 0 Å². The first-order chi connectivity index (χ1) is 13.4. The van der Waals surface area contributed by atoms with E-state index in [1.807, 2.05) is 26.0 Å². The summed E-state index contributed by atoms with van der Waals surface area (Å²) < 4.78 is 10.6. The highest BCUT2D eigenvalue weighted by Crippen LogP contribution is 2.27. The quantitative estimate of drug-likeness (QED) is 0.629. The van der Waals surface area contributed by atoms with Gasteiger partial charge in [-0.25, -0.2) is 4.79 Å². The third-order valence-corrected chi connectivity index (χ3v) is 4.15. The van der Waals surface area contributed by atoms with Gasteiger partial charge in [0, 0.05) is 17.3 Å². The van der Waals surface area contributed by atoms with Crippen molar-refractivity contribution < 1.29 is 19.1 Å². The smallest absolute Gasteiger partial charge is 0.344 e. The molecule has 0 aromatic heterocycles. The molecule has 2 aromatic rings. The van der Waals surface area contributed by atoms with Crippen LogP contribution in [0.15, 0.2) is 42.5 Å². The maximum Gasteiger partial charge on any atom is 0.344 e. The number of benzene rings is 2. The lowest BCUT2D eigenvalue weighted by Gasteiger charge is -2.21. The number of nitriles is 1. The van der Waals surface area contributed by atoms with Gasteiger partial charge in [0.1, 0.15) is 5.75 Å². The molecule has 0 heterocycles. The van der Waals surface area contributed by atoms with Gasteiger partial charge in [-0.1, -0.05) is 29.8 Å². The number of rotatable bonds is 8. The molecule has 2 aromatic carbocycles. The lowest BCUT2D eigenvalue weighted by atomic mass is 10.1. The Hall–Kier alpha value is -3.04. The number of amides is 1. The summed E-state index contributed by atoms with van der Waals surface area (Å²) in [5.41, 5.74) is 2.25. The first kappa shape index (κ1) is 21.3. The number of carbonyl (C=O) groups excluding carboxylic acids is 2. The van der Waals surface area contributed by atoms with Crippen LogP contribution in [-0.2, 0) is 14.3 Å². The van der Waals surface area contributed by atoms with Gasteiger partial charge in [-0.05, 0) is 49.2 Å². The summed E-state index contributed by atoms with van der Waals surface area (Å²) in [6.07, 6.45) is 0.173. The largest absolute Gasteiger partial charge is 0.481 e. The fourth-order valence-corrected chi connectivity index (χ4v) is 3.01. The summed E-state index contributed by atoms with van der Waals surface area (Å²) in [4.78, 5) is 25.9. The molecule has 0 aliphatic carbocycles. The molecule has 0 saturated carbocycles. The van der Waals surface area contributed by atoms with Gasteiger partial charge in [0.25, 0.3) is 5.91 Å². The zero-order valence-electron chi connectivity index (χ0n) is 15.8. The van der Waals surface area contributed by atoms with Crippen molar-refractivity contribution in [3.8, 4) is 11.8 Å². The number of aryl methyl sites for hydroxylation is 2. The molecule has 0 aliphatic rings. The molecule has 0 spiro atoms. The third-order valence-electron chi connectivity index (χ3n) is 3.93. The SMILES string of the molecule is Cc1cc(Cl)cc(C)c1OCC(=O)OCC(=O)N(CCC#N)c1ccccc1. The Balaban J connectivity index is 1.92. The van der Waals surface area contributed by atoms with Crippen molar-refractivity contribution >= 4 is 29.2 Å². The average molecular weight is 401 g/mol. The molecule has 0 unspecified atom stereocenters. The topological polar surface area (TPSA) is 79.6 Å². The number of nitrogens with zero attached hydrogens (tertiary/aromatic N) is 2. The number of carbonyl (C=O) groups is 2. The summed E-state index contributed by atoms with van der Waals surface area (Å²) in [6.45, 7) is 3.13. The summed E-state index contributed by atoms with van der Waals surface area (Å²) in [5, 5.41) is 9.40. The molecule has 0 aliphatic heterocycles. The minimum Gasteiger partial charge on any atom is -0.481 e. The van der Waals surface area contributed by atoms with Gasteiger partial charge < -0.3 is 14.4 Å². The Labute approximate surface area is 169 Å². The van der Waals surface area contributed by atoms with E-state index in [2.05, 4.69) is 0 Å². The van der Waals surface area contributed by atoms with E-state index in [-0.39, 0.29) is 19.6 Å². The Morgan fingerprint density at radius 3 is 2.36 bits per heavy atom. The van der Waals surface area contributed by atoms with E-state index in [0.717, 1.165) is 11.1 Å². The Kier molecular flexibility index (Phi) is 7.85. The average Bonchev–Trinajstić information content (AvgIpc) is 2.66. The zero-order chi connectivity index (χ0) is 20.5. The van der Waals surface area contributed by atoms with Gasteiger partial charge in [-0.15, -0.1) is 0 Å². The van der Waals surface area contributed by atoms with Crippen LogP contribution in [0.4, 0.5) is 5.69 Å². The highest BCUT2D eigenvalue weighted by atomic mass is 35.5. The summed E-state index contributed by atoms with van der Waals surface area (Å²) in [5.74, 6) is -0.503. The maximum atomic E-state index is 12.5. The van der Waals surface area contributed by atoms with Crippen LogP contribution >= 0.6 is 11.6 Å². The molecule has 2 rings (SSSR count). The standard InChI is InChI=1S/C21H21ClN2O4/c1-15-11-17(22)12-16(2)21(15)28-14-20(26)27-13-19(25)24(10-6-9-23)18-7-4-3-5-8-18/h3-5,7-8,11-12H,6,10,13-14H2,1-2H3. The molecule has 0 radical (unpaired) electrons. The lowest BCUT2D eigenvalue weighted by Crippen LogP contribution is -2.36. The second-order valence-corrected chi connectivity index (χ2v) is 6.54. The second kappa shape index (κ2) is 10.3. The third kappa shape index (κ3) is 6.00. The normalized spacial score (nSPS) is 10.1.